The van der Waals surface area contributed by atoms with Crippen molar-refractivity contribution in [3.63, 3.8) is 0 Å². The van der Waals surface area contributed by atoms with Crippen LogP contribution in [0.15, 0.2) is 59.3 Å². The second-order valence-corrected chi connectivity index (χ2v) is 6.46. The van der Waals surface area contributed by atoms with E-state index in [1.54, 1.807) is 10.9 Å². The Bertz CT molecular complexity index is 871. The van der Waals surface area contributed by atoms with Crippen LogP contribution in [0.25, 0.3) is 5.69 Å². The summed E-state index contributed by atoms with van der Waals surface area (Å²) in [5, 5.41) is 9.93. The predicted molar refractivity (Wildman–Crippen MR) is 99.8 cm³/mol. The van der Waals surface area contributed by atoms with Crippen molar-refractivity contribution in [2.75, 3.05) is 10.6 Å². The number of urea groups is 1. The zero-order chi connectivity index (χ0) is 17.1. The van der Waals surface area contributed by atoms with Crippen molar-refractivity contribution in [1.82, 2.24) is 9.78 Å². The van der Waals surface area contributed by atoms with Crippen LogP contribution in [0.4, 0.5) is 16.2 Å². The minimum Gasteiger partial charge on any atom is -0.308 e. The minimum atomic E-state index is -0.265. The average Bonchev–Trinajstić information content (AvgIpc) is 2.98. The lowest BCUT2D eigenvalue weighted by Gasteiger charge is -2.11. The van der Waals surface area contributed by atoms with E-state index in [0.717, 1.165) is 27.0 Å². The van der Waals surface area contributed by atoms with E-state index in [9.17, 15) is 4.79 Å². The SMILES string of the molecule is Cc1ccc(C)c(NC(=O)Nc2ccc(-n3cc(Br)cn3)cc2)c1. The quantitative estimate of drug-likeness (QED) is 0.674. The number of benzene rings is 2. The van der Waals surface area contributed by atoms with Crippen molar-refractivity contribution < 1.29 is 4.79 Å². The predicted octanol–water partition coefficient (Wildman–Crippen LogP) is 4.90. The fourth-order valence-corrected chi connectivity index (χ4v) is 2.58. The third kappa shape index (κ3) is 3.83. The maximum Gasteiger partial charge on any atom is 0.323 e. The van der Waals surface area contributed by atoms with E-state index in [1.165, 1.54) is 0 Å². The molecule has 3 aromatic rings. The smallest absolute Gasteiger partial charge is 0.308 e. The monoisotopic (exact) mass is 384 g/mol. The summed E-state index contributed by atoms with van der Waals surface area (Å²) in [7, 11) is 0. The Hall–Kier alpha value is -2.60. The molecule has 0 aliphatic carbocycles. The molecule has 2 amide bonds. The van der Waals surface area contributed by atoms with Crippen LogP contribution in [0.2, 0.25) is 0 Å². The highest BCUT2D eigenvalue weighted by atomic mass is 79.9. The maximum absolute atomic E-state index is 12.2. The van der Waals surface area contributed by atoms with E-state index in [-0.39, 0.29) is 6.03 Å². The van der Waals surface area contributed by atoms with Gasteiger partial charge in [-0.2, -0.15) is 5.10 Å². The van der Waals surface area contributed by atoms with Crippen molar-refractivity contribution in [2.45, 2.75) is 13.8 Å². The first-order valence-corrected chi connectivity index (χ1v) is 8.26. The summed E-state index contributed by atoms with van der Waals surface area (Å²) < 4.78 is 2.67. The van der Waals surface area contributed by atoms with Gasteiger partial charge in [0, 0.05) is 17.6 Å². The maximum atomic E-state index is 12.2. The molecule has 0 atom stereocenters. The Morgan fingerprint density at radius 1 is 1.08 bits per heavy atom. The number of aromatic nitrogens is 2. The van der Waals surface area contributed by atoms with Gasteiger partial charge in [0.2, 0.25) is 0 Å². The Kier molecular flexibility index (Phi) is 4.66. The first-order chi connectivity index (χ1) is 11.5. The van der Waals surface area contributed by atoms with Gasteiger partial charge >= 0.3 is 6.03 Å². The van der Waals surface area contributed by atoms with Crippen LogP contribution >= 0.6 is 15.9 Å². The summed E-state index contributed by atoms with van der Waals surface area (Å²) in [6.07, 6.45) is 3.60. The van der Waals surface area contributed by atoms with Crippen LogP contribution in [0.1, 0.15) is 11.1 Å². The van der Waals surface area contributed by atoms with Crippen molar-refractivity contribution >= 4 is 33.3 Å². The van der Waals surface area contributed by atoms with Crippen LogP contribution in [-0.2, 0) is 0 Å². The van der Waals surface area contributed by atoms with Crippen LogP contribution in [0.5, 0.6) is 0 Å². The highest BCUT2D eigenvalue weighted by Gasteiger charge is 2.06. The fourth-order valence-electron chi connectivity index (χ4n) is 2.29. The van der Waals surface area contributed by atoms with E-state index in [2.05, 4.69) is 31.7 Å². The number of hydrogen-bond acceptors (Lipinski definition) is 2. The van der Waals surface area contributed by atoms with Crippen molar-refractivity contribution in [2.24, 2.45) is 0 Å². The van der Waals surface area contributed by atoms with E-state index in [0.29, 0.717) is 5.69 Å². The van der Waals surface area contributed by atoms with Crippen LogP contribution < -0.4 is 10.6 Å². The molecule has 0 aliphatic rings. The van der Waals surface area contributed by atoms with Gasteiger partial charge in [-0.3, -0.25) is 0 Å². The summed E-state index contributed by atoms with van der Waals surface area (Å²) >= 11 is 3.37. The molecule has 5 nitrogen and oxygen atoms in total. The summed E-state index contributed by atoms with van der Waals surface area (Å²) in [5.74, 6) is 0. The van der Waals surface area contributed by atoms with Crippen molar-refractivity contribution in [3.8, 4) is 5.69 Å². The van der Waals surface area contributed by atoms with Gasteiger partial charge in [-0.05, 0) is 71.2 Å². The molecule has 0 unspecified atom stereocenters. The first-order valence-electron chi connectivity index (χ1n) is 7.47. The fraction of sp³-hybridized carbons (Fsp3) is 0.111. The van der Waals surface area contributed by atoms with Gasteiger partial charge in [0.15, 0.2) is 0 Å². The molecule has 0 radical (unpaired) electrons. The lowest BCUT2D eigenvalue weighted by Crippen LogP contribution is -2.20. The number of nitrogens with zero attached hydrogens (tertiary/aromatic N) is 2. The number of aryl methyl sites for hydroxylation is 2. The third-order valence-corrected chi connectivity index (χ3v) is 3.99. The lowest BCUT2D eigenvalue weighted by molar-refractivity contribution is 0.262. The molecule has 0 fully saturated rings. The second kappa shape index (κ2) is 6.88. The third-order valence-electron chi connectivity index (χ3n) is 3.58. The van der Waals surface area contributed by atoms with Gasteiger partial charge in [-0.1, -0.05) is 12.1 Å². The number of amides is 2. The molecule has 0 saturated heterocycles. The second-order valence-electron chi connectivity index (χ2n) is 5.55. The van der Waals surface area contributed by atoms with E-state index >= 15 is 0 Å². The molecular formula is C18H17BrN4O. The summed E-state index contributed by atoms with van der Waals surface area (Å²) in [4.78, 5) is 12.2. The number of halogens is 1. The van der Waals surface area contributed by atoms with E-state index in [4.69, 9.17) is 0 Å². The molecule has 6 heteroatoms. The standard InChI is InChI=1S/C18H17BrN4O/c1-12-3-4-13(2)17(9-12)22-18(24)21-15-5-7-16(8-6-15)23-11-14(19)10-20-23/h3-11H,1-2H3,(H2,21,22,24). The van der Waals surface area contributed by atoms with E-state index in [1.807, 2.05) is 62.5 Å². The van der Waals surface area contributed by atoms with Crippen molar-refractivity contribution in [3.05, 3.63) is 70.5 Å². The minimum absolute atomic E-state index is 0.265. The lowest BCUT2D eigenvalue weighted by atomic mass is 10.1. The molecule has 0 saturated carbocycles. The van der Waals surface area contributed by atoms with Crippen LogP contribution in [0, 0.1) is 13.8 Å². The summed E-state index contributed by atoms with van der Waals surface area (Å²) in [6.45, 7) is 3.96. The molecule has 0 spiro atoms. The van der Waals surface area contributed by atoms with E-state index < -0.39 is 0 Å². The molecule has 0 bridgehead atoms. The Balaban J connectivity index is 1.67. The topological polar surface area (TPSA) is 59.0 Å². The average molecular weight is 385 g/mol. The van der Waals surface area contributed by atoms with Gasteiger partial charge < -0.3 is 10.6 Å². The van der Waals surface area contributed by atoms with Gasteiger partial charge in [-0.15, -0.1) is 0 Å². The number of rotatable bonds is 3. The Morgan fingerprint density at radius 3 is 2.50 bits per heavy atom. The largest absolute Gasteiger partial charge is 0.323 e. The van der Waals surface area contributed by atoms with Crippen LogP contribution in [-0.4, -0.2) is 15.8 Å². The Morgan fingerprint density at radius 2 is 1.83 bits per heavy atom. The number of carbonyl (C=O) groups excluding carboxylic acids is 1. The van der Waals surface area contributed by atoms with Gasteiger partial charge in [0.1, 0.15) is 0 Å². The number of hydrogen-bond donors (Lipinski definition) is 2. The molecule has 24 heavy (non-hydrogen) atoms. The molecule has 1 aromatic heterocycles. The van der Waals surface area contributed by atoms with Crippen molar-refractivity contribution in [1.29, 1.82) is 0 Å². The van der Waals surface area contributed by atoms with Gasteiger partial charge in [0.25, 0.3) is 0 Å². The molecule has 2 N–H and O–H groups in total. The summed E-state index contributed by atoms with van der Waals surface area (Å²) in [6, 6.07) is 13.2. The van der Waals surface area contributed by atoms with Gasteiger partial charge in [0.05, 0.1) is 16.4 Å². The number of anilines is 2. The first kappa shape index (κ1) is 16.3. The molecular weight excluding hydrogens is 368 g/mol. The number of carbonyl (C=O) groups is 1. The molecule has 122 valence electrons. The van der Waals surface area contributed by atoms with Crippen LogP contribution in [0.3, 0.4) is 0 Å². The highest BCUT2D eigenvalue weighted by Crippen LogP contribution is 2.18. The number of nitrogens with one attached hydrogen (secondary N) is 2. The normalized spacial score (nSPS) is 10.5. The zero-order valence-corrected chi connectivity index (χ0v) is 15.0. The molecule has 3 rings (SSSR count). The summed E-state index contributed by atoms with van der Waals surface area (Å²) in [5.41, 5.74) is 4.57. The highest BCUT2D eigenvalue weighted by molar-refractivity contribution is 9.10. The Labute approximate surface area is 148 Å². The zero-order valence-electron chi connectivity index (χ0n) is 13.4. The molecule has 0 aliphatic heterocycles. The van der Waals surface area contributed by atoms with Gasteiger partial charge in [-0.25, -0.2) is 9.48 Å². The molecule has 2 aromatic carbocycles. The molecule has 1 heterocycles.